The molecule has 2 saturated carbocycles. The summed E-state index contributed by atoms with van der Waals surface area (Å²) in [5, 5.41) is 31.0. The van der Waals surface area contributed by atoms with Crippen molar-refractivity contribution in [3.05, 3.63) is 188 Å². The molecule has 10 nitrogen and oxygen atoms in total. The van der Waals surface area contributed by atoms with E-state index in [2.05, 4.69) is 192 Å². The van der Waals surface area contributed by atoms with Crippen molar-refractivity contribution in [2.24, 2.45) is 10.8 Å². The molecule has 0 aliphatic heterocycles. The van der Waals surface area contributed by atoms with Gasteiger partial charge in [0.15, 0.2) is 0 Å². The molecule has 6 aromatic carbocycles. The predicted molar refractivity (Wildman–Crippen MR) is 269 cm³/mol. The van der Waals surface area contributed by atoms with E-state index in [-0.39, 0.29) is 37.7 Å². The van der Waals surface area contributed by atoms with E-state index in [1.54, 1.807) is 0 Å². The summed E-state index contributed by atoms with van der Waals surface area (Å²) >= 11 is 0. The van der Waals surface area contributed by atoms with Gasteiger partial charge in [-0.1, -0.05) is 84.9 Å². The number of benzene rings is 6. The third-order valence-electron chi connectivity index (χ3n) is 16.0. The SMILES string of the molecule is Cc1cccc(C)c1-c1cccc(COc2ccc3c(c2)CC2(CC2)C3Cc2nnn[n-]2)c1C.Cc1cccc(C)c1-c1cccc(COc2ccc3c(c2)CC2(CC2)C3Cc2nnn[n-]2)c1C.[Ca+2]. The summed E-state index contributed by atoms with van der Waals surface area (Å²) in [5.41, 5.74) is 21.9. The first-order valence-corrected chi connectivity index (χ1v) is 24.2. The molecule has 12 rings (SSSR count). The van der Waals surface area contributed by atoms with Crippen LogP contribution in [0.1, 0.15) is 116 Å². The van der Waals surface area contributed by atoms with Crippen LogP contribution in [0.3, 0.4) is 0 Å². The Morgan fingerprint density at radius 1 is 0.507 bits per heavy atom. The Kier molecular flexibility index (Phi) is 13.1. The van der Waals surface area contributed by atoms with Crippen LogP contribution in [0.4, 0.5) is 0 Å². The van der Waals surface area contributed by atoms with Crippen LogP contribution >= 0.6 is 0 Å². The molecule has 8 aromatic rings. The van der Waals surface area contributed by atoms with E-state index in [1.165, 1.54) is 115 Å². The molecule has 2 spiro atoms. The molecule has 69 heavy (non-hydrogen) atoms. The summed E-state index contributed by atoms with van der Waals surface area (Å²) in [4.78, 5) is 0. The van der Waals surface area contributed by atoms with Gasteiger partial charge in [0.05, 0.1) is 0 Å². The maximum Gasteiger partial charge on any atom is 2.00 e. The molecule has 2 atom stereocenters. The van der Waals surface area contributed by atoms with Crippen molar-refractivity contribution in [2.75, 3.05) is 0 Å². The molecule has 2 fully saturated rings. The number of rotatable bonds is 12. The molecular formula is C58H58CaN8O2. The largest absolute Gasteiger partial charge is 2.00 e. The number of tetrazole rings is 2. The molecule has 0 N–H and O–H groups in total. The Hall–Kier alpha value is -5.68. The molecule has 2 unspecified atom stereocenters. The molecular weight excluding hydrogens is 881 g/mol. The summed E-state index contributed by atoms with van der Waals surface area (Å²) in [6.07, 6.45) is 8.97. The van der Waals surface area contributed by atoms with Gasteiger partial charge in [-0.3, -0.25) is 20.6 Å². The van der Waals surface area contributed by atoms with Crippen LogP contribution in [-0.2, 0) is 38.9 Å². The van der Waals surface area contributed by atoms with E-state index in [0.717, 1.165) is 48.8 Å². The van der Waals surface area contributed by atoms with Gasteiger partial charge >= 0.3 is 37.7 Å². The van der Waals surface area contributed by atoms with E-state index < -0.39 is 0 Å². The van der Waals surface area contributed by atoms with Gasteiger partial charge in [0, 0.05) is 11.6 Å². The Labute approximate surface area is 435 Å². The van der Waals surface area contributed by atoms with E-state index >= 15 is 0 Å². The molecule has 2 aromatic heterocycles. The van der Waals surface area contributed by atoms with Crippen molar-refractivity contribution in [3.8, 4) is 33.8 Å². The molecule has 2 heterocycles. The number of fused-ring (bicyclic) bond motifs is 2. The number of aryl methyl sites for hydroxylation is 4. The van der Waals surface area contributed by atoms with Gasteiger partial charge in [0.25, 0.3) is 0 Å². The van der Waals surface area contributed by atoms with E-state index in [4.69, 9.17) is 9.47 Å². The Morgan fingerprint density at radius 2 is 0.899 bits per heavy atom. The van der Waals surface area contributed by atoms with Crippen molar-refractivity contribution in [2.45, 2.75) is 118 Å². The molecule has 4 aliphatic carbocycles. The van der Waals surface area contributed by atoms with Gasteiger partial charge in [-0.05, 0) is 229 Å². The Morgan fingerprint density at radius 3 is 1.26 bits per heavy atom. The summed E-state index contributed by atoms with van der Waals surface area (Å²) in [6, 6.07) is 39.4. The normalized spacial score (nSPS) is 17.4. The first kappa shape index (κ1) is 47.0. The third kappa shape index (κ3) is 9.28. The van der Waals surface area contributed by atoms with Crippen molar-refractivity contribution >= 4 is 37.7 Å². The van der Waals surface area contributed by atoms with Crippen molar-refractivity contribution in [3.63, 3.8) is 0 Å². The monoisotopic (exact) mass is 938 g/mol. The zero-order valence-corrected chi connectivity index (χ0v) is 42.9. The van der Waals surface area contributed by atoms with E-state index in [0.29, 0.717) is 35.9 Å². The predicted octanol–water partition coefficient (Wildman–Crippen LogP) is 10.9. The summed E-state index contributed by atoms with van der Waals surface area (Å²) in [5.74, 6) is 4.31. The third-order valence-corrected chi connectivity index (χ3v) is 16.0. The van der Waals surface area contributed by atoms with Gasteiger partial charge in [0.1, 0.15) is 24.7 Å². The molecule has 0 radical (unpaired) electrons. The summed E-state index contributed by atoms with van der Waals surface area (Å²) in [6.45, 7) is 14.3. The van der Waals surface area contributed by atoms with Gasteiger partial charge in [-0.15, -0.1) is 0 Å². The standard InChI is InChI=1S/2C29H29N4O.Ca/c2*1-18-6-4-7-19(2)28(18)24-9-5-8-21(20(24)3)17-34-23-10-11-25-22(14-23)16-29(12-13-29)26(25)15-27-30-32-33-31-27;/h2*4-11,14,26H,12-13,15-17H2,1-3H3;/q2*-1;+2. The second-order valence-corrected chi connectivity index (χ2v) is 20.2. The number of hydrogen-bond donors (Lipinski definition) is 0. The smallest absolute Gasteiger partial charge is 0.489 e. The number of ether oxygens (including phenoxy) is 2. The zero-order chi connectivity index (χ0) is 46.6. The second kappa shape index (κ2) is 19.3. The van der Waals surface area contributed by atoms with E-state index in [9.17, 15) is 0 Å². The van der Waals surface area contributed by atoms with Crippen LogP contribution in [0.5, 0.6) is 11.5 Å². The molecule has 11 heteroatoms. The minimum Gasteiger partial charge on any atom is -0.489 e. The molecule has 0 amide bonds. The van der Waals surface area contributed by atoms with Crippen molar-refractivity contribution in [1.82, 2.24) is 41.2 Å². The van der Waals surface area contributed by atoms with Crippen LogP contribution in [0.25, 0.3) is 22.3 Å². The summed E-state index contributed by atoms with van der Waals surface area (Å²) < 4.78 is 12.7. The van der Waals surface area contributed by atoms with E-state index in [1.807, 2.05) is 0 Å². The van der Waals surface area contributed by atoms with Crippen LogP contribution < -0.4 is 19.7 Å². The second-order valence-electron chi connectivity index (χ2n) is 20.2. The molecule has 344 valence electrons. The zero-order valence-electron chi connectivity index (χ0n) is 40.7. The first-order valence-electron chi connectivity index (χ1n) is 24.2. The van der Waals surface area contributed by atoms with Gasteiger partial charge in [-0.25, -0.2) is 0 Å². The molecule has 4 aliphatic rings. The maximum atomic E-state index is 6.33. The van der Waals surface area contributed by atoms with Crippen LogP contribution in [0, 0.1) is 52.4 Å². The Balaban J connectivity index is 0.000000158. The minimum absolute atomic E-state index is 0. The minimum atomic E-state index is 0. The van der Waals surface area contributed by atoms with Crippen LogP contribution in [-0.4, -0.2) is 68.8 Å². The van der Waals surface area contributed by atoms with Crippen molar-refractivity contribution in [1.29, 1.82) is 0 Å². The fraction of sp³-hybridized carbons (Fsp3) is 0.345. The van der Waals surface area contributed by atoms with Gasteiger partial charge in [0.2, 0.25) is 0 Å². The quantitative estimate of drug-likeness (QED) is 0.109. The topological polar surface area (TPSA) is 124 Å². The average molecular weight is 939 g/mol. The fourth-order valence-electron chi connectivity index (χ4n) is 11.9. The van der Waals surface area contributed by atoms with Gasteiger partial charge < -0.3 is 19.7 Å². The number of hydrogen-bond acceptors (Lipinski definition) is 8. The molecule has 0 bridgehead atoms. The summed E-state index contributed by atoms with van der Waals surface area (Å²) in [7, 11) is 0. The molecule has 0 saturated heterocycles. The number of nitrogens with zero attached hydrogens (tertiary/aromatic N) is 8. The van der Waals surface area contributed by atoms with Gasteiger partial charge in [-0.2, -0.15) is 10.4 Å². The Bertz CT molecular complexity index is 2890. The maximum absolute atomic E-state index is 6.33. The van der Waals surface area contributed by atoms with Crippen LogP contribution in [0.2, 0.25) is 0 Å². The fourth-order valence-corrected chi connectivity index (χ4v) is 11.9. The average Bonchev–Trinajstić information content (AvgIpc) is 3.99. The number of aromatic nitrogens is 8. The van der Waals surface area contributed by atoms with Crippen LogP contribution in [0.15, 0.2) is 109 Å². The first-order chi connectivity index (χ1) is 33.1. The van der Waals surface area contributed by atoms with Crippen molar-refractivity contribution < 1.29 is 9.47 Å².